The first kappa shape index (κ1) is 13.0. The summed E-state index contributed by atoms with van der Waals surface area (Å²) >= 11 is 0. The third-order valence-electron chi connectivity index (χ3n) is 2.93. The molecule has 1 rings (SSSR count). The van der Waals surface area contributed by atoms with Crippen molar-refractivity contribution >= 4 is 6.08 Å². The minimum absolute atomic E-state index is 0.568. The summed E-state index contributed by atoms with van der Waals surface area (Å²) in [5, 5.41) is 7.64. The van der Waals surface area contributed by atoms with Crippen molar-refractivity contribution in [1.82, 2.24) is 15.1 Å². The Morgan fingerprint density at radius 3 is 2.69 bits per heavy atom. The van der Waals surface area contributed by atoms with E-state index in [1.165, 1.54) is 16.8 Å². The summed E-state index contributed by atoms with van der Waals surface area (Å²) in [5.41, 5.74) is 3.87. The molecular weight excluding hydrogens is 198 g/mol. The number of hydrogen-bond acceptors (Lipinski definition) is 2. The molecule has 3 heteroatoms. The van der Waals surface area contributed by atoms with Gasteiger partial charge in [0.05, 0.1) is 6.20 Å². The minimum Gasteiger partial charge on any atom is -0.313 e. The fraction of sp³-hybridized carbons (Fsp3) is 0.615. The molecule has 0 aliphatic carbocycles. The molecule has 1 aromatic heterocycles. The molecule has 1 heterocycles. The Labute approximate surface area is 98.5 Å². The monoisotopic (exact) mass is 221 g/mol. The number of nitrogens with zero attached hydrogens (tertiary/aromatic N) is 2. The largest absolute Gasteiger partial charge is 0.313 e. The molecule has 1 aromatic rings. The molecule has 0 aliphatic rings. The van der Waals surface area contributed by atoms with Gasteiger partial charge in [-0.1, -0.05) is 32.4 Å². The van der Waals surface area contributed by atoms with Gasteiger partial charge in [0.1, 0.15) is 0 Å². The number of nitrogens with one attached hydrogen (secondary N) is 1. The fourth-order valence-electron chi connectivity index (χ4n) is 1.55. The number of aryl methyl sites for hydroxylation is 1. The predicted octanol–water partition coefficient (Wildman–Crippen LogP) is 2.38. The first-order valence-electron chi connectivity index (χ1n) is 5.96. The molecule has 0 bridgehead atoms. The maximum absolute atomic E-state index is 4.26. The molecule has 0 aromatic carbocycles. The van der Waals surface area contributed by atoms with E-state index in [0.717, 1.165) is 13.1 Å². The van der Waals surface area contributed by atoms with Crippen molar-refractivity contribution in [3.05, 3.63) is 23.0 Å². The Balaban J connectivity index is 2.88. The van der Waals surface area contributed by atoms with Gasteiger partial charge >= 0.3 is 0 Å². The van der Waals surface area contributed by atoms with E-state index in [1.54, 1.807) is 0 Å². The first-order chi connectivity index (χ1) is 7.56. The number of likely N-dealkylation sites (N-methyl/N-ethyl adjacent to an activating group) is 1. The van der Waals surface area contributed by atoms with Crippen LogP contribution in [0.3, 0.4) is 0 Å². The summed E-state index contributed by atoms with van der Waals surface area (Å²) in [4.78, 5) is 0. The summed E-state index contributed by atoms with van der Waals surface area (Å²) < 4.78 is 1.91. The van der Waals surface area contributed by atoms with Crippen molar-refractivity contribution in [2.75, 3.05) is 13.1 Å². The maximum Gasteiger partial charge on any atom is 0.0564 e. The molecule has 3 nitrogen and oxygen atoms in total. The van der Waals surface area contributed by atoms with Gasteiger partial charge in [0.25, 0.3) is 0 Å². The van der Waals surface area contributed by atoms with E-state index < -0.39 is 0 Å². The molecule has 0 radical (unpaired) electrons. The van der Waals surface area contributed by atoms with Gasteiger partial charge in [0, 0.05) is 24.8 Å². The van der Waals surface area contributed by atoms with Crippen LogP contribution in [0.4, 0.5) is 0 Å². The lowest BCUT2D eigenvalue weighted by Crippen LogP contribution is -2.18. The van der Waals surface area contributed by atoms with Gasteiger partial charge < -0.3 is 5.32 Å². The van der Waals surface area contributed by atoms with Crippen LogP contribution in [0, 0.1) is 12.8 Å². The molecule has 16 heavy (non-hydrogen) atoms. The Kier molecular flexibility index (Phi) is 4.74. The molecule has 0 atom stereocenters. The van der Waals surface area contributed by atoms with Crippen molar-refractivity contribution in [1.29, 1.82) is 0 Å². The van der Waals surface area contributed by atoms with Crippen molar-refractivity contribution in [2.24, 2.45) is 13.0 Å². The van der Waals surface area contributed by atoms with Crippen molar-refractivity contribution in [3.8, 4) is 0 Å². The van der Waals surface area contributed by atoms with Crippen molar-refractivity contribution < 1.29 is 0 Å². The highest BCUT2D eigenvalue weighted by Gasteiger charge is 2.06. The quantitative estimate of drug-likeness (QED) is 0.827. The summed E-state index contributed by atoms with van der Waals surface area (Å²) in [6, 6.07) is 0. The zero-order chi connectivity index (χ0) is 12.1. The molecule has 0 saturated heterocycles. The molecule has 0 saturated carbocycles. The fourth-order valence-corrected chi connectivity index (χ4v) is 1.55. The molecule has 0 amide bonds. The lowest BCUT2D eigenvalue weighted by molar-refractivity contribution is 0.682. The Hall–Kier alpha value is -1.09. The molecule has 0 spiro atoms. The third kappa shape index (κ3) is 3.20. The van der Waals surface area contributed by atoms with Gasteiger partial charge in [-0.25, -0.2) is 0 Å². The average molecular weight is 221 g/mol. The number of rotatable bonds is 5. The number of aromatic nitrogens is 2. The van der Waals surface area contributed by atoms with E-state index in [0.29, 0.717) is 5.92 Å². The van der Waals surface area contributed by atoms with Crippen molar-refractivity contribution in [3.63, 3.8) is 0 Å². The molecular formula is C13H23N3. The standard InChI is InChI=1S/C13H23N3/c1-6-14-8-12(10(2)3)7-13-9-15-16(5)11(13)4/h7,9-10,14H,6,8H2,1-5H3. The van der Waals surface area contributed by atoms with Gasteiger partial charge in [0.2, 0.25) is 0 Å². The van der Waals surface area contributed by atoms with Crippen LogP contribution in [0.1, 0.15) is 32.0 Å². The smallest absolute Gasteiger partial charge is 0.0564 e. The lowest BCUT2D eigenvalue weighted by atomic mass is 10.0. The van der Waals surface area contributed by atoms with Crippen LogP contribution in [-0.2, 0) is 7.05 Å². The SMILES string of the molecule is CCNCC(=Cc1cnn(C)c1C)C(C)C. The summed E-state index contributed by atoms with van der Waals surface area (Å²) in [7, 11) is 1.98. The van der Waals surface area contributed by atoms with Crippen LogP contribution in [0.15, 0.2) is 11.8 Å². The van der Waals surface area contributed by atoms with E-state index in [-0.39, 0.29) is 0 Å². The molecule has 0 fully saturated rings. The topological polar surface area (TPSA) is 29.9 Å². The Morgan fingerprint density at radius 2 is 2.25 bits per heavy atom. The average Bonchev–Trinajstić information content (AvgIpc) is 2.55. The number of hydrogen-bond donors (Lipinski definition) is 1. The van der Waals surface area contributed by atoms with E-state index in [2.05, 4.69) is 44.2 Å². The zero-order valence-electron chi connectivity index (χ0n) is 11.0. The van der Waals surface area contributed by atoms with E-state index >= 15 is 0 Å². The molecule has 1 N–H and O–H groups in total. The van der Waals surface area contributed by atoms with Gasteiger partial charge in [-0.05, 0) is 19.4 Å². The third-order valence-corrected chi connectivity index (χ3v) is 2.93. The van der Waals surface area contributed by atoms with Crippen LogP contribution >= 0.6 is 0 Å². The second-order valence-corrected chi connectivity index (χ2v) is 4.46. The predicted molar refractivity (Wildman–Crippen MR) is 69.3 cm³/mol. The normalized spacial score (nSPS) is 12.5. The van der Waals surface area contributed by atoms with Crippen LogP contribution in [-0.4, -0.2) is 22.9 Å². The molecule has 0 unspecified atom stereocenters. The maximum atomic E-state index is 4.26. The van der Waals surface area contributed by atoms with E-state index in [1.807, 2.05) is 17.9 Å². The van der Waals surface area contributed by atoms with E-state index in [9.17, 15) is 0 Å². The Bertz CT molecular complexity index is 361. The van der Waals surface area contributed by atoms with Gasteiger partial charge in [-0.15, -0.1) is 0 Å². The second-order valence-electron chi connectivity index (χ2n) is 4.46. The summed E-state index contributed by atoms with van der Waals surface area (Å²) in [6.07, 6.45) is 4.19. The van der Waals surface area contributed by atoms with Crippen LogP contribution < -0.4 is 5.32 Å². The van der Waals surface area contributed by atoms with Crippen LogP contribution in [0.25, 0.3) is 6.08 Å². The highest BCUT2D eigenvalue weighted by atomic mass is 15.3. The molecule has 90 valence electrons. The van der Waals surface area contributed by atoms with E-state index in [4.69, 9.17) is 0 Å². The summed E-state index contributed by atoms with van der Waals surface area (Å²) in [5.74, 6) is 0.568. The zero-order valence-corrected chi connectivity index (χ0v) is 11.0. The van der Waals surface area contributed by atoms with Gasteiger partial charge in [-0.3, -0.25) is 4.68 Å². The van der Waals surface area contributed by atoms with Crippen LogP contribution in [0.2, 0.25) is 0 Å². The lowest BCUT2D eigenvalue weighted by Gasteiger charge is -2.11. The Morgan fingerprint density at radius 1 is 1.56 bits per heavy atom. The highest BCUT2D eigenvalue weighted by Crippen LogP contribution is 2.16. The van der Waals surface area contributed by atoms with Gasteiger partial charge in [-0.2, -0.15) is 5.10 Å². The summed E-state index contributed by atoms with van der Waals surface area (Å²) in [6.45, 7) is 10.7. The minimum atomic E-state index is 0.568. The van der Waals surface area contributed by atoms with Gasteiger partial charge in [0.15, 0.2) is 0 Å². The second kappa shape index (κ2) is 5.85. The van der Waals surface area contributed by atoms with Crippen LogP contribution in [0.5, 0.6) is 0 Å². The first-order valence-corrected chi connectivity index (χ1v) is 5.96. The molecule has 0 aliphatic heterocycles. The highest BCUT2D eigenvalue weighted by molar-refractivity contribution is 5.55. The van der Waals surface area contributed by atoms with Crippen molar-refractivity contribution in [2.45, 2.75) is 27.7 Å².